The molecule has 0 unspecified atom stereocenters. The van der Waals surface area contributed by atoms with Crippen LogP contribution in [0.5, 0.6) is 23.0 Å². The Bertz CT molecular complexity index is 1010. The third kappa shape index (κ3) is 5.74. The molecule has 0 spiro atoms. The Morgan fingerprint density at radius 3 is 2.48 bits per heavy atom. The van der Waals surface area contributed by atoms with Crippen LogP contribution in [-0.2, 0) is 6.61 Å². The van der Waals surface area contributed by atoms with E-state index >= 15 is 0 Å². The van der Waals surface area contributed by atoms with Gasteiger partial charge >= 0.3 is 0 Å². The first-order chi connectivity index (χ1) is 14.0. The lowest BCUT2D eigenvalue weighted by Gasteiger charge is -2.08. The molecule has 0 aliphatic carbocycles. The van der Waals surface area contributed by atoms with Crippen LogP contribution in [0, 0.1) is 0 Å². The number of hydrazone groups is 1. The quantitative estimate of drug-likeness (QED) is 0.422. The minimum atomic E-state index is -0.558. The maximum absolute atomic E-state index is 12.0. The number of aromatic hydroxyl groups is 2. The summed E-state index contributed by atoms with van der Waals surface area (Å²) in [4.78, 5) is 12.0. The molecule has 1 amide bonds. The van der Waals surface area contributed by atoms with Crippen LogP contribution in [0.15, 0.2) is 71.8 Å². The number of nitrogens with zero attached hydrogens (tertiary/aromatic N) is 1. The van der Waals surface area contributed by atoms with Crippen molar-refractivity contribution in [1.82, 2.24) is 5.43 Å². The molecule has 3 N–H and O–H groups in total. The van der Waals surface area contributed by atoms with E-state index in [9.17, 15) is 15.0 Å². The highest BCUT2D eigenvalue weighted by molar-refractivity contribution is 5.95. The Kier molecular flexibility index (Phi) is 6.32. The number of rotatable bonds is 7. The average Bonchev–Trinajstić information content (AvgIpc) is 2.72. The first-order valence-electron chi connectivity index (χ1n) is 8.76. The normalized spacial score (nSPS) is 10.7. The summed E-state index contributed by atoms with van der Waals surface area (Å²) in [6, 6.07) is 18.5. The van der Waals surface area contributed by atoms with Crippen LogP contribution in [0.2, 0.25) is 0 Å². The van der Waals surface area contributed by atoms with E-state index in [1.807, 2.05) is 42.5 Å². The average molecular weight is 392 g/mol. The van der Waals surface area contributed by atoms with Crippen LogP contribution in [0.4, 0.5) is 0 Å². The fourth-order valence-corrected chi connectivity index (χ4v) is 2.57. The SMILES string of the molecule is COc1cccc(COc2cccc(/C=N/NC(=O)c3cc(O)cc(O)c3)c2)c1. The van der Waals surface area contributed by atoms with Gasteiger partial charge in [-0.3, -0.25) is 4.79 Å². The summed E-state index contributed by atoms with van der Waals surface area (Å²) in [5.41, 5.74) is 4.14. The molecule has 148 valence electrons. The standard InChI is InChI=1S/C22H20N2O5/c1-28-20-6-3-5-16(9-20)14-29-21-7-2-4-15(8-21)13-23-24-22(27)17-10-18(25)12-19(26)11-17/h2-13,25-26H,14H2,1H3,(H,24,27)/b23-13+. The molecule has 0 saturated heterocycles. The molecule has 0 aromatic heterocycles. The summed E-state index contributed by atoms with van der Waals surface area (Å²) in [5, 5.41) is 22.8. The van der Waals surface area contributed by atoms with Gasteiger partial charge in [-0.2, -0.15) is 5.10 Å². The summed E-state index contributed by atoms with van der Waals surface area (Å²) in [6.45, 7) is 0.384. The van der Waals surface area contributed by atoms with Crippen molar-refractivity contribution in [3.05, 3.63) is 83.4 Å². The molecule has 0 heterocycles. The largest absolute Gasteiger partial charge is 0.508 e. The molecule has 0 fully saturated rings. The van der Waals surface area contributed by atoms with Crippen LogP contribution in [0.25, 0.3) is 0 Å². The summed E-state index contributed by atoms with van der Waals surface area (Å²) in [7, 11) is 1.62. The second kappa shape index (κ2) is 9.27. The molecule has 0 radical (unpaired) electrons. The number of hydrogen-bond acceptors (Lipinski definition) is 6. The van der Waals surface area contributed by atoms with E-state index in [1.165, 1.54) is 18.3 Å². The minimum Gasteiger partial charge on any atom is -0.508 e. The lowest BCUT2D eigenvalue weighted by Crippen LogP contribution is -2.17. The van der Waals surface area contributed by atoms with Gasteiger partial charge in [0.1, 0.15) is 29.6 Å². The van der Waals surface area contributed by atoms with E-state index in [1.54, 1.807) is 13.2 Å². The second-order valence-corrected chi connectivity index (χ2v) is 6.15. The highest BCUT2D eigenvalue weighted by atomic mass is 16.5. The van der Waals surface area contributed by atoms with Crippen LogP contribution in [0.1, 0.15) is 21.5 Å². The zero-order valence-electron chi connectivity index (χ0n) is 15.7. The Labute approximate surface area is 167 Å². The Morgan fingerprint density at radius 1 is 1.00 bits per heavy atom. The highest BCUT2D eigenvalue weighted by Crippen LogP contribution is 2.20. The van der Waals surface area contributed by atoms with Crippen molar-refractivity contribution in [2.45, 2.75) is 6.61 Å². The molecule has 0 bridgehead atoms. The molecule has 0 saturated carbocycles. The minimum absolute atomic E-state index is 0.0926. The summed E-state index contributed by atoms with van der Waals surface area (Å²) >= 11 is 0. The van der Waals surface area contributed by atoms with Gasteiger partial charge in [-0.15, -0.1) is 0 Å². The fourth-order valence-electron chi connectivity index (χ4n) is 2.57. The maximum atomic E-state index is 12.0. The molecule has 0 aliphatic rings. The predicted octanol–water partition coefficient (Wildman–Crippen LogP) is 3.45. The van der Waals surface area contributed by atoms with Gasteiger partial charge in [0, 0.05) is 11.6 Å². The molecular weight excluding hydrogens is 372 g/mol. The summed E-state index contributed by atoms with van der Waals surface area (Å²) in [6.07, 6.45) is 1.47. The molecule has 7 nitrogen and oxygen atoms in total. The molecule has 0 aliphatic heterocycles. The van der Waals surface area contributed by atoms with Crippen molar-refractivity contribution in [2.75, 3.05) is 7.11 Å². The molecule has 3 aromatic rings. The van der Waals surface area contributed by atoms with Gasteiger partial charge in [0.2, 0.25) is 0 Å². The van der Waals surface area contributed by atoms with Crippen molar-refractivity contribution in [3.8, 4) is 23.0 Å². The first-order valence-corrected chi connectivity index (χ1v) is 8.76. The summed E-state index contributed by atoms with van der Waals surface area (Å²) < 4.78 is 11.0. The lowest BCUT2D eigenvalue weighted by atomic mass is 10.2. The van der Waals surface area contributed by atoms with E-state index in [0.717, 1.165) is 22.9 Å². The fraction of sp³-hybridized carbons (Fsp3) is 0.0909. The topological polar surface area (TPSA) is 100 Å². The number of carbonyl (C=O) groups is 1. The Morgan fingerprint density at radius 2 is 1.72 bits per heavy atom. The molecule has 3 aromatic carbocycles. The summed E-state index contributed by atoms with van der Waals surface area (Å²) in [5.74, 6) is 0.446. The van der Waals surface area contributed by atoms with E-state index in [4.69, 9.17) is 9.47 Å². The number of carbonyl (C=O) groups excluding carboxylic acids is 1. The van der Waals surface area contributed by atoms with Gasteiger partial charge in [-0.05, 0) is 47.5 Å². The van der Waals surface area contributed by atoms with Gasteiger partial charge < -0.3 is 19.7 Å². The van der Waals surface area contributed by atoms with E-state index < -0.39 is 5.91 Å². The van der Waals surface area contributed by atoms with Crippen LogP contribution < -0.4 is 14.9 Å². The molecule has 7 heteroatoms. The van der Waals surface area contributed by atoms with Crippen LogP contribution in [-0.4, -0.2) is 29.4 Å². The monoisotopic (exact) mass is 392 g/mol. The van der Waals surface area contributed by atoms with Crippen molar-refractivity contribution < 1.29 is 24.5 Å². The Balaban J connectivity index is 1.59. The number of methoxy groups -OCH3 is 1. The van der Waals surface area contributed by atoms with Crippen molar-refractivity contribution in [2.24, 2.45) is 5.10 Å². The Hall–Kier alpha value is -4.00. The number of amides is 1. The predicted molar refractivity (Wildman–Crippen MR) is 109 cm³/mol. The maximum Gasteiger partial charge on any atom is 0.271 e. The third-order valence-corrected chi connectivity index (χ3v) is 3.94. The van der Waals surface area contributed by atoms with Gasteiger partial charge in [0.15, 0.2) is 0 Å². The van der Waals surface area contributed by atoms with Crippen molar-refractivity contribution >= 4 is 12.1 Å². The molecule has 29 heavy (non-hydrogen) atoms. The number of phenolic OH excluding ortho intramolecular Hbond substituents is 2. The zero-order valence-corrected chi connectivity index (χ0v) is 15.7. The van der Waals surface area contributed by atoms with Gasteiger partial charge in [0.25, 0.3) is 5.91 Å². The first kappa shape index (κ1) is 19.8. The van der Waals surface area contributed by atoms with E-state index in [0.29, 0.717) is 12.4 Å². The smallest absolute Gasteiger partial charge is 0.271 e. The zero-order chi connectivity index (χ0) is 20.6. The molecule has 3 rings (SSSR count). The molecule has 0 atom stereocenters. The van der Waals surface area contributed by atoms with Crippen LogP contribution >= 0.6 is 0 Å². The van der Waals surface area contributed by atoms with Crippen LogP contribution in [0.3, 0.4) is 0 Å². The molecular formula is C22H20N2O5. The third-order valence-electron chi connectivity index (χ3n) is 3.94. The van der Waals surface area contributed by atoms with Crippen molar-refractivity contribution in [1.29, 1.82) is 0 Å². The number of hydrogen-bond donors (Lipinski definition) is 3. The van der Waals surface area contributed by atoms with E-state index in [2.05, 4.69) is 10.5 Å². The highest BCUT2D eigenvalue weighted by Gasteiger charge is 2.07. The van der Waals surface area contributed by atoms with Gasteiger partial charge in [-0.25, -0.2) is 5.43 Å². The number of phenols is 2. The lowest BCUT2D eigenvalue weighted by molar-refractivity contribution is 0.0954. The van der Waals surface area contributed by atoms with Gasteiger partial charge in [-0.1, -0.05) is 24.3 Å². The second-order valence-electron chi connectivity index (χ2n) is 6.15. The van der Waals surface area contributed by atoms with Crippen molar-refractivity contribution in [3.63, 3.8) is 0 Å². The number of benzene rings is 3. The number of nitrogens with one attached hydrogen (secondary N) is 1. The number of ether oxygens (including phenoxy) is 2. The van der Waals surface area contributed by atoms with Gasteiger partial charge in [0.05, 0.1) is 13.3 Å². The van der Waals surface area contributed by atoms with E-state index in [-0.39, 0.29) is 17.1 Å².